The first-order chi connectivity index (χ1) is 9.56. The number of β-amino-alcohol motifs (C(OH)–C–C–N with tert-alkyl or cyclic N) is 1. The monoisotopic (exact) mass is 277 g/mol. The summed E-state index contributed by atoms with van der Waals surface area (Å²) in [5.74, 6) is -0.798. The van der Waals surface area contributed by atoms with E-state index in [0.29, 0.717) is 12.2 Å². The molecule has 2 aliphatic rings. The van der Waals surface area contributed by atoms with Crippen LogP contribution in [0.3, 0.4) is 0 Å². The molecule has 1 fully saturated rings. The second-order valence-corrected chi connectivity index (χ2v) is 5.15. The van der Waals surface area contributed by atoms with Gasteiger partial charge in [-0.1, -0.05) is 18.2 Å². The molecular weight excluding hydrogens is 262 g/mol. The molecule has 2 N–H and O–H groups in total. The molecule has 6 nitrogen and oxygen atoms in total. The first-order valence-electron chi connectivity index (χ1n) is 6.52. The Morgan fingerprint density at radius 3 is 2.75 bits per heavy atom. The first kappa shape index (κ1) is 12.9. The molecule has 2 aliphatic heterocycles. The number of ether oxygens (including phenoxy) is 1. The molecule has 0 aromatic heterocycles. The molecule has 0 spiro atoms. The van der Waals surface area contributed by atoms with Gasteiger partial charge < -0.3 is 19.8 Å². The third kappa shape index (κ3) is 2.12. The van der Waals surface area contributed by atoms with E-state index in [1.54, 1.807) is 6.07 Å². The lowest BCUT2D eigenvalue weighted by Gasteiger charge is -2.24. The summed E-state index contributed by atoms with van der Waals surface area (Å²) in [5, 5.41) is 18.7. The van der Waals surface area contributed by atoms with Crippen LogP contribution in [0.25, 0.3) is 0 Å². The van der Waals surface area contributed by atoms with Gasteiger partial charge >= 0.3 is 5.97 Å². The van der Waals surface area contributed by atoms with Crippen molar-refractivity contribution >= 4 is 11.9 Å². The Balaban J connectivity index is 1.76. The minimum absolute atomic E-state index is 0.0476. The molecule has 0 radical (unpaired) electrons. The normalized spacial score (nSPS) is 28.1. The summed E-state index contributed by atoms with van der Waals surface area (Å²) in [4.78, 5) is 24.8. The average molecular weight is 277 g/mol. The number of nitrogens with zero attached hydrogens (tertiary/aromatic N) is 1. The van der Waals surface area contributed by atoms with Crippen LogP contribution in [-0.2, 0) is 16.0 Å². The number of amides is 1. The van der Waals surface area contributed by atoms with Crippen LogP contribution < -0.4 is 4.74 Å². The van der Waals surface area contributed by atoms with E-state index < -0.39 is 24.2 Å². The SMILES string of the molecule is O=C(O)[C@@H]1C[C@@H](O)CN1C(=O)C1Cc2ccccc2O1. The van der Waals surface area contributed by atoms with Crippen molar-refractivity contribution in [1.29, 1.82) is 0 Å². The van der Waals surface area contributed by atoms with Crippen molar-refractivity contribution in [2.75, 3.05) is 6.54 Å². The summed E-state index contributed by atoms with van der Waals surface area (Å²) in [5.41, 5.74) is 0.942. The summed E-state index contributed by atoms with van der Waals surface area (Å²) in [6.07, 6.45) is -0.974. The van der Waals surface area contributed by atoms with Crippen molar-refractivity contribution in [3.8, 4) is 5.75 Å². The number of rotatable bonds is 2. The lowest BCUT2D eigenvalue weighted by Crippen LogP contribution is -2.47. The lowest BCUT2D eigenvalue weighted by atomic mass is 10.1. The number of aliphatic hydroxyl groups excluding tert-OH is 1. The second kappa shape index (κ2) is 4.79. The zero-order valence-corrected chi connectivity index (χ0v) is 10.7. The average Bonchev–Trinajstić information content (AvgIpc) is 3.01. The fourth-order valence-corrected chi connectivity index (χ4v) is 2.80. The van der Waals surface area contributed by atoms with E-state index in [0.717, 1.165) is 5.56 Å². The molecule has 2 heterocycles. The van der Waals surface area contributed by atoms with Crippen LogP contribution in [0.15, 0.2) is 24.3 Å². The summed E-state index contributed by atoms with van der Waals surface area (Å²) >= 11 is 0. The van der Waals surface area contributed by atoms with Crippen molar-refractivity contribution in [3.63, 3.8) is 0 Å². The first-order valence-corrected chi connectivity index (χ1v) is 6.52. The Morgan fingerprint density at radius 2 is 2.05 bits per heavy atom. The fraction of sp³-hybridized carbons (Fsp3) is 0.429. The van der Waals surface area contributed by atoms with Crippen molar-refractivity contribution in [2.45, 2.75) is 31.1 Å². The van der Waals surface area contributed by atoms with Crippen molar-refractivity contribution in [1.82, 2.24) is 4.90 Å². The number of likely N-dealkylation sites (tertiary alicyclic amines) is 1. The smallest absolute Gasteiger partial charge is 0.326 e. The zero-order valence-electron chi connectivity index (χ0n) is 10.7. The maximum absolute atomic E-state index is 12.4. The third-order valence-electron chi connectivity index (χ3n) is 3.77. The molecule has 1 saturated heterocycles. The Morgan fingerprint density at radius 1 is 1.30 bits per heavy atom. The van der Waals surface area contributed by atoms with Crippen LogP contribution in [0.1, 0.15) is 12.0 Å². The van der Waals surface area contributed by atoms with Crippen LogP contribution in [-0.4, -0.2) is 51.8 Å². The van der Waals surface area contributed by atoms with E-state index in [9.17, 15) is 14.7 Å². The maximum atomic E-state index is 12.4. The van der Waals surface area contributed by atoms with Crippen molar-refractivity contribution in [3.05, 3.63) is 29.8 Å². The van der Waals surface area contributed by atoms with Gasteiger partial charge in [0, 0.05) is 19.4 Å². The van der Waals surface area contributed by atoms with Gasteiger partial charge in [0.1, 0.15) is 11.8 Å². The number of hydrogen-bond donors (Lipinski definition) is 2. The molecule has 3 rings (SSSR count). The molecule has 20 heavy (non-hydrogen) atoms. The maximum Gasteiger partial charge on any atom is 0.326 e. The Labute approximate surface area is 115 Å². The summed E-state index contributed by atoms with van der Waals surface area (Å²) < 4.78 is 5.58. The highest BCUT2D eigenvalue weighted by molar-refractivity contribution is 5.88. The van der Waals surface area contributed by atoms with E-state index in [2.05, 4.69) is 0 Å². The van der Waals surface area contributed by atoms with E-state index in [4.69, 9.17) is 9.84 Å². The second-order valence-electron chi connectivity index (χ2n) is 5.15. The number of aliphatic hydroxyl groups is 1. The number of para-hydroxylation sites is 1. The number of carbonyl (C=O) groups excluding carboxylic acids is 1. The molecular formula is C14H15NO5. The zero-order chi connectivity index (χ0) is 14.3. The predicted molar refractivity (Wildman–Crippen MR) is 68.3 cm³/mol. The summed E-state index contributed by atoms with van der Waals surface area (Å²) in [6.45, 7) is 0.0476. The Kier molecular flexibility index (Phi) is 3.10. The largest absolute Gasteiger partial charge is 0.480 e. The van der Waals surface area contributed by atoms with Crippen LogP contribution in [0.2, 0.25) is 0 Å². The lowest BCUT2D eigenvalue weighted by molar-refractivity contribution is -0.150. The molecule has 0 saturated carbocycles. The predicted octanol–water partition coefficient (Wildman–Crippen LogP) is 0.0365. The Hall–Kier alpha value is -2.08. The van der Waals surface area contributed by atoms with Gasteiger partial charge in [-0.2, -0.15) is 0 Å². The van der Waals surface area contributed by atoms with Crippen molar-refractivity contribution < 1.29 is 24.5 Å². The molecule has 1 aromatic carbocycles. The molecule has 1 aromatic rings. The van der Waals surface area contributed by atoms with Crippen LogP contribution in [0, 0.1) is 0 Å². The number of benzene rings is 1. The highest BCUT2D eigenvalue weighted by Gasteiger charge is 2.43. The number of carbonyl (C=O) groups is 2. The van der Waals surface area contributed by atoms with E-state index in [-0.39, 0.29) is 18.9 Å². The fourth-order valence-electron chi connectivity index (χ4n) is 2.80. The molecule has 0 bridgehead atoms. The Bertz CT molecular complexity index is 533. The van der Waals surface area contributed by atoms with Gasteiger partial charge in [0.25, 0.3) is 5.91 Å². The van der Waals surface area contributed by atoms with Crippen LogP contribution in [0.4, 0.5) is 0 Å². The molecule has 1 unspecified atom stereocenters. The molecule has 106 valence electrons. The van der Waals surface area contributed by atoms with Gasteiger partial charge in [0.2, 0.25) is 0 Å². The number of carboxylic acids is 1. The number of fused-ring (bicyclic) bond motifs is 1. The van der Waals surface area contributed by atoms with E-state index >= 15 is 0 Å². The third-order valence-corrected chi connectivity index (χ3v) is 3.77. The standard InChI is InChI=1S/C14H15NO5/c16-9-6-10(14(18)19)15(7-9)13(17)12-5-8-3-1-2-4-11(8)20-12/h1-4,9-10,12,16H,5-7H2,(H,18,19)/t9-,10+,12?/m1/s1. The van der Waals surface area contributed by atoms with Gasteiger partial charge in [-0.05, 0) is 11.6 Å². The molecule has 1 amide bonds. The highest BCUT2D eigenvalue weighted by Crippen LogP contribution is 2.30. The number of carboxylic acid groups (broad SMARTS) is 1. The number of hydrogen-bond acceptors (Lipinski definition) is 4. The summed E-state index contributed by atoms with van der Waals surface area (Å²) in [6, 6.07) is 6.40. The van der Waals surface area contributed by atoms with Crippen molar-refractivity contribution in [2.24, 2.45) is 0 Å². The highest BCUT2D eigenvalue weighted by atomic mass is 16.5. The van der Waals surface area contributed by atoms with Gasteiger partial charge in [0.05, 0.1) is 6.10 Å². The van der Waals surface area contributed by atoms with Gasteiger partial charge in [-0.3, -0.25) is 4.79 Å². The summed E-state index contributed by atoms with van der Waals surface area (Å²) in [7, 11) is 0. The molecule has 6 heteroatoms. The van der Waals surface area contributed by atoms with Crippen LogP contribution >= 0.6 is 0 Å². The molecule has 3 atom stereocenters. The van der Waals surface area contributed by atoms with E-state index in [1.165, 1.54) is 4.90 Å². The van der Waals surface area contributed by atoms with Gasteiger partial charge in [-0.15, -0.1) is 0 Å². The minimum atomic E-state index is -1.09. The molecule has 0 aliphatic carbocycles. The topological polar surface area (TPSA) is 87.1 Å². The van der Waals surface area contributed by atoms with E-state index in [1.807, 2.05) is 18.2 Å². The quantitative estimate of drug-likeness (QED) is 0.797. The van der Waals surface area contributed by atoms with Crippen LogP contribution in [0.5, 0.6) is 5.75 Å². The van der Waals surface area contributed by atoms with Gasteiger partial charge in [0.15, 0.2) is 6.10 Å². The number of aliphatic carboxylic acids is 1. The minimum Gasteiger partial charge on any atom is -0.480 e. The van der Waals surface area contributed by atoms with Gasteiger partial charge in [-0.25, -0.2) is 4.79 Å².